The largest absolute Gasteiger partial charge is 0.343 e. The van der Waals surface area contributed by atoms with Crippen molar-refractivity contribution < 1.29 is 0 Å². The van der Waals surface area contributed by atoms with E-state index in [1.165, 1.54) is 0 Å². The van der Waals surface area contributed by atoms with Crippen LogP contribution in [0, 0.1) is 0 Å². The van der Waals surface area contributed by atoms with Gasteiger partial charge in [-0.05, 0) is 17.7 Å². The van der Waals surface area contributed by atoms with Crippen LogP contribution in [0.2, 0.25) is 0 Å². The Hall–Kier alpha value is -1.46. The quantitative estimate of drug-likeness (QED) is 0.942. The zero-order valence-electron chi connectivity index (χ0n) is 10.2. The van der Waals surface area contributed by atoms with Crippen molar-refractivity contribution in [1.82, 2.24) is 9.97 Å². The summed E-state index contributed by atoms with van der Waals surface area (Å²) in [6.07, 6.45) is 3.66. The molecule has 18 heavy (non-hydrogen) atoms. The lowest BCUT2D eigenvalue weighted by atomic mass is 10.1. The van der Waals surface area contributed by atoms with Crippen molar-refractivity contribution in [2.45, 2.75) is 0 Å². The van der Waals surface area contributed by atoms with Crippen LogP contribution in [0.1, 0.15) is 0 Å². The Balaban J connectivity index is 2.22. The Morgan fingerprint density at radius 1 is 1.22 bits per heavy atom. The third kappa shape index (κ3) is 3.05. The van der Waals surface area contributed by atoms with Crippen molar-refractivity contribution in [2.24, 2.45) is 5.73 Å². The fourth-order valence-corrected chi connectivity index (χ4v) is 2.03. The first-order valence-corrected chi connectivity index (χ1v) is 6.49. The summed E-state index contributed by atoms with van der Waals surface area (Å²) >= 11 is 3.45. The molecule has 0 aliphatic rings. The first-order valence-electron chi connectivity index (χ1n) is 5.70. The van der Waals surface area contributed by atoms with Gasteiger partial charge in [-0.25, -0.2) is 9.97 Å². The third-order valence-electron chi connectivity index (χ3n) is 2.60. The molecule has 5 heteroatoms. The van der Waals surface area contributed by atoms with Gasteiger partial charge in [0, 0.05) is 42.6 Å². The number of anilines is 1. The maximum atomic E-state index is 5.50. The van der Waals surface area contributed by atoms with Crippen molar-refractivity contribution >= 4 is 21.9 Å². The molecule has 0 saturated heterocycles. The van der Waals surface area contributed by atoms with E-state index in [-0.39, 0.29) is 0 Å². The molecule has 0 atom stereocenters. The van der Waals surface area contributed by atoms with Gasteiger partial charge in [0.2, 0.25) is 5.95 Å². The molecule has 0 radical (unpaired) electrons. The zero-order chi connectivity index (χ0) is 13.0. The summed E-state index contributed by atoms with van der Waals surface area (Å²) in [5.74, 6) is 0.694. The highest BCUT2D eigenvalue weighted by atomic mass is 79.9. The molecule has 1 aromatic carbocycles. The van der Waals surface area contributed by atoms with E-state index < -0.39 is 0 Å². The predicted octanol–water partition coefficient (Wildman–Crippen LogP) is 2.30. The first kappa shape index (κ1) is 13.0. The molecule has 0 aliphatic heterocycles. The minimum absolute atomic E-state index is 0.591. The molecule has 0 fully saturated rings. The Morgan fingerprint density at radius 3 is 2.56 bits per heavy atom. The van der Waals surface area contributed by atoms with Gasteiger partial charge in [0.1, 0.15) is 0 Å². The van der Waals surface area contributed by atoms with E-state index in [9.17, 15) is 0 Å². The third-order valence-corrected chi connectivity index (χ3v) is 3.10. The lowest BCUT2D eigenvalue weighted by molar-refractivity contribution is 0.846. The predicted molar refractivity (Wildman–Crippen MR) is 77.5 cm³/mol. The molecule has 1 heterocycles. The Morgan fingerprint density at radius 2 is 1.94 bits per heavy atom. The number of nitrogens with zero attached hydrogens (tertiary/aromatic N) is 3. The van der Waals surface area contributed by atoms with Crippen LogP contribution in [0.4, 0.5) is 5.95 Å². The first-order chi connectivity index (χ1) is 8.70. The molecule has 0 spiro atoms. The molecule has 0 saturated carbocycles. The summed E-state index contributed by atoms with van der Waals surface area (Å²) in [6.45, 7) is 1.34. The Labute approximate surface area is 115 Å². The van der Waals surface area contributed by atoms with E-state index in [0.29, 0.717) is 12.5 Å². The number of aromatic nitrogens is 2. The van der Waals surface area contributed by atoms with Gasteiger partial charge in [0.25, 0.3) is 0 Å². The summed E-state index contributed by atoms with van der Waals surface area (Å²) in [5, 5.41) is 0. The minimum atomic E-state index is 0.591. The number of halogens is 1. The van der Waals surface area contributed by atoms with Gasteiger partial charge in [-0.15, -0.1) is 0 Å². The van der Waals surface area contributed by atoms with Gasteiger partial charge in [0.05, 0.1) is 0 Å². The van der Waals surface area contributed by atoms with Crippen LogP contribution in [0.15, 0.2) is 41.1 Å². The number of likely N-dealkylation sites (N-methyl/N-ethyl adjacent to an activating group) is 1. The molecule has 0 aliphatic carbocycles. The fourth-order valence-electron chi connectivity index (χ4n) is 1.63. The number of hydrogen-bond acceptors (Lipinski definition) is 4. The number of benzene rings is 1. The van der Waals surface area contributed by atoms with Crippen molar-refractivity contribution in [1.29, 1.82) is 0 Å². The molecule has 1 aromatic heterocycles. The highest BCUT2D eigenvalue weighted by molar-refractivity contribution is 9.10. The van der Waals surface area contributed by atoms with Gasteiger partial charge in [0.15, 0.2) is 0 Å². The zero-order valence-corrected chi connectivity index (χ0v) is 11.8. The average Bonchev–Trinajstić information content (AvgIpc) is 2.39. The van der Waals surface area contributed by atoms with Crippen LogP contribution in [-0.2, 0) is 0 Å². The lowest BCUT2D eigenvalue weighted by Gasteiger charge is -2.15. The highest BCUT2D eigenvalue weighted by Crippen LogP contribution is 2.22. The van der Waals surface area contributed by atoms with E-state index in [1.54, 1.807) is 0 Å². The molecule has 0 bridgehead atoms. The average molecular weight is 307 g/mol. The smallest absolute Gasteiger partial charge is 0.225 e. The molecule has 0 unspecified atom stereocenters. The molecule has 2 N–H and O–H groups in total. The van der Waals surface area contributed by atoms with E-state index in [4.69, 9.17) is 5.73 Å². The standard InChI is InChI=1S/C13H15BrN4/c1-18(6-5-15)13-16-8-11(9-17-13)10-3-2-4-12(14)7-10/h2-4,7-9H,5-6,15H2,1H3. The maximum Gasteiger partial charge on any atom is 0.225 e. The molecule has 0 amide bonds. The lowest BCUT2D eigenvalue weighted by Crippen LogP contribution is -2.26. The molecule has 2 aromatic rings. The summed E-state index contributed by atoms with van der Waals surface area (Å²) in [5.41, 5.74) is 7.60. The Kier molecular flexibility index (Phi) is 4.28. The van der Waals surface area contributed by atoms with Gasteiger partial charge in [-0.2, -0.15) is 0 Å². The van der Waals surface area contributed by atoms with Gasteiger partial charge >= 0.3 is 0 Å². The molecular weight excluding hydrogens is 292 g/mol. The Bertz CT molecular complexity index is 513. The maximum absolute atomic E-state index is 5.50. The summed E-state index contributed by atoms with van der Waals surface area (Å²) in [4.78, 5) is 10.6. The monoisotopic (exact) mass is 306 g/mol. The second-order valence-corrected chi connectivity index (χ2v) is 4.91. The number of rotatable bonds is 4. The van der Waals surface area contributed by atoms with Crippen LogP contribution in [0.25, 0.3) is 11.1 Å². The molecular formula is C13H15BrN4. The van der Waals surface area contributed by atoms with E-state index in [0.717, 1.165) is 22.1 Å². The number of hydrogen-bond donors (Lipinski definition) is 1. The highest BCUT2D eigenvalue weighted by Gasteiger charge is 2.04. The van der Waals surface area contributed by atoms with Crippen molar-refractivity contribution in [2.75, 3.05) is 25.0 Å². The van der Waals surface area contributed by atoms with Crippen LogP contribution < -0.4 is 10.6 Å². The summed E-state index contributed by atoms with van der Waals surface area (Å²) in [6, 6.07) is 8.07. The normalized spacial score (nSPS) is 10.4. The van der Waals surface area contributed by atoms with Crippen molar-refractivity contribution in [3.8, 4) is 11.1 Å². The van der Waals surface area contributed by atoms with Crippen LogP contribution in [-0.4, -0.2) is 30.1 Å². The van der Waals surface area contributed by atoms with Crippen LogP contribution >= 0.6 is 15.9 Å². The SMILES string of the molecule is CN(CCN)c1ncc(-c2cccc(Br)c2)cn1. The van der Waals surface area contributed by atoms with E-state index in [2.05, 4.69) is 25.9 Å². The number of nitrogens with two attached hydrogens (primary N) is 1. The van der Waals surface area contributed by atoms with Crippen molar-refractivity contribution in [3.63, 3.8) is 0 Å². The fraction of sp³-hybridized carbons (Fsp3) is 0.231. The summed E-state index contributed by atoms with van der Waals surface area (Å²) in [7, 11) is 1.93. The molecule has 2 rings (SSSR count). The van der Waals surface area contributed by atoms with Crippen LogP contribution in [0.5, 0.6) is 0 Å². The van der Waals surface area contributed by atoms with Crippen LogP contribution in [0.3, 0.4) is 0 Å². The van der Waals surface area contributed by atoms with Gasteiger partial charge < -0.3 is 10.6 Å². The van der Waals surface area contributed by atoms with E-state index >= 15 is 0 Å². The second-order valence-electron chi connectivity index (χ2n) is 3.99. The molecule has 4 nitrogen and oxygen atoms in total. The second kappa shape index (κ2) is 5.93. The van der Waals surface area contributed by atoms with E-state index in [1.807, 2.05) is 48.6 Å². The summed E-state index contributed by atoms with van der Waals surface area (Å²) < 4.78 is 1.05. The van der Waals surface area contributed by atoms with Gasteiger partial charge in [-0.3, -0.25) is 0 Å². The molecule has 94 valence electrons. The van der Waals surface area contributed by atoms with Gasteiger partial charge in [-0.1, -0.05) is 28.1 Å². The van der Waals surface area contributed by atoms with Crippen molar-refractivity contribution in [3.05, 3.63) is 41.1 Å². The topological polar surface area (TPSA) is 55.0 Å². The minimum Gasteiger partial charge on any atom is -0.343 e.